The lowest BCUT2D eigenvalue weighted by molar-refractivity contribution is 0.0941. The fourth-order valence-corrected chi connectivity index (χ4v) is 2.58. The second-order valence-electron chi connectivity index (χ2n) is 5.91. The van der Waals surface area contributed by atoms with E-state index in [9.17, 15) is 4.79 Å². The molecule has 5 nitrogen and oxygen atoms in total. The van der Waals surface area contributed by atoms with Gasteiger partial charge in [-0.15, -0.1) is 0 Å². The van der Waals surface area contributed by atoms with Crippen molar-refractivity contribution >= 4 is 5.91 Å². The van der Waals surface area contributed by atoms with Gasteiger partial charge in [0.05, 0.1) is 17.3 Å². The van der Waals surface area contributed by atoms with Gasteiger partial charge in [0.2, 0.25) is 0 Å². The maximum absolute atomic E-state index is 12.3. The highest BCUT2D eigenvalue weighted by atomic mass is 16.1. The number of nitrogens with one attached hydrogen (secondary N) is 1. The van der Waals surface area contributed by atoms with Gasteiger partial charge in [-0.05, 0) is 33.5 Å². The van der Waals surface area contributed by atoms with E-state index in [-0.39, 0.29) is 11.9 Å². The van der Waals surface area contributed by atoms with Crippen LogP contribution in [0.1, 0.15) is 33.2 Å². The SMILES string of the molecule is Cc1cccc(C(CNC(=O)c2cn(C)nc2C)N(C)C)c1. The summed E-state index contributed by atoms with van der Waals surface area (Å²) >= 11 is 0. The highest BCUT2D eigenvalue weighted by Crippen LogP contribution is 2.18. The third-order valence-corrected chi connectivity index (χ3v) is 3.76. The Labute approximate surface area is 131 Å². The Morgan fingerprint density at radius 1 is 1.36 bits per heavy atom. The van der Waals surface area contributed by atoms with Gasteiger partial charge in [-0.25, -0.2) is 0 Å². The van der Waals surface area contributed by atoms with Gasteiger partial charge in [0.25, 0.3) is 5.91 Å². The zero-order valence-corrected chi connectivity index (χ0v) is 13.9. The first kappa shape index (κ1) is 16.2. The number of carbonyl (C=O) groups excluding carboxylic acids is 1. The van der Waals surface area contributed by atoms with Crippen LogP contribution in [0.2, 0.25) is 0 Å². The van der Waals surface area contributed by atoms with Crippen molar-refractivity contribution in [3.05, 3.63) is 52.8 Å². The molecule has 22 heavy (non-hydrogen) atoms. The molecule has 0 spiro atoms. The highest BCUT2D eigenvalue weighted by Gasteiger charge is 2.18. The standard InChI is InChI=1S/C17H24N4O/c1-12-7-6-8-14(9-12)16(20(3)4)10-18-17(22)15-11-21(5)19-13(15)2/h6-9,11,16H,10H2,1-5H3,(H,18,22). The molecule has 1 N–H and O–H groups in total. The summed E-state index contributed by atoms with van der Waals surface area (Å²) in [5, 5.41) is 7.23. The Hall–Kier alpha value is -2.14. The maximum Gasteiger partial charge on any atom is 0.254 e. The van der Waals surface area contributed by atoms with E-state index in [0.717, 1.165) is 5.69 Å². The van der Waals surface area contributed by atoms with Crippen LogP contribution < -0.4 is 5.32 Å². The van der Waals surface area contributed by atoms with Crippen molar-refractivity contribution in [3.8, 4) is 0 Å². The zero-order chi connectivity index (χ0) is 16.3. The molecule has 0 fully saturated rings. The van der Waals surface area contributed by atoms with Gasteiger partial charge in [0, 0.05) is 19.8 Å². The van der Waals surface area contributed by atoms with Crippen molar-refractivity contribution < 1.29 is 4.79 Å². The third kappa shape index (κ3) is 3.74. The van der Waals surface area contributed by atoms with Crippen molar-refractivity contribution in [1.82, 2.24) is 20.0 Å². The Morgan fingerprint density at radius 3 is 2.64 bits per heavy atom. The van der Waals surface area contributed by atoms with Crippen LogP contribution in [0.3, 0.4) is 0 Å². The first-order valence-electron chi connectivity index (χ1n) is 7.40. The van der Waals surface area contributed by atoms with E-state index >= 15 is 0 Å². The van der Waals surface area contributed by atoms with Crippen molar-refractivity contribution in [1.29, 1.82) is 0 Å². The lowest BCUT2D eigenvalue weighted by atomic mass is 10.0. The fraction of sp³-hybridized carbons (Fsp3) is 0.412. The number of aromatic nitrogens is 2. The predicted octanol–water partition coefficient (Wildman–Crippen LogP) is 2.07. The Kier molecular flexibility index (Phi) is 4.98. The average molecular weight is 300 g/mol. The number of carbonyl (C=O) groups is 1. The molecule has 1 unspecified atom stereocenters. The van der Waals surface area contributed by atoms with Crippen LogP contribution in [0, 0.1) is 13.8 Å². The van der Waals surface area contributed by atoms with Crippen molar-refractivity contribution in [2.24, 2.45) is 7.05 Å². The fourth-order valence-electron chi connectivity index (χ4n) is 2.58. The minimum atomic E-state index is -0.0786. The summed E-state index contributed by atoms with van der Waals surface area (Å²) in [6, 6.07) is 8.52. The van der Waals surface area contributed by atoms with Gasteiger partial charge in [0.1, 0.15) is 0 Å². The van der Waals surface area contributed by atoms with Crippen molar-refractivity contribution in [2.75, 3.05) is 20.6 Å². The molecule has 5 heteroatoms. The molecule has 0 aliphatic carbocycles. The van der Waals surface area contributed by atoms with Crippen molar-refractivity contribution in [3.63, 3.8) is 0 Å². The summed E-state index contributed by atoms with van der Waals surface area (Å²) in [5.74, 6) is -0.0786. The van der Waals surface area contributed by atoms with Gasteiger partial charge in [-0.3, -0.25) is 9.48 Å². The lowest BCUT2D eigenvalue weighted by Crippen LogP contribution is -2.34. The molecule has 0 aliphatic rings. The number of hydrogen-bond donors (Lipinski definition) is 1. The third-order valence-electron chi connectivity index (χ3n) is 3.76. The predicted molar refractivity (Wildman–Crippen MR) is 87.9 cm³/mol. The Morgan fingerprint density at radius 2 is 2.09 bits per heavy atom. The van der Waals surface area contributed by atoms with E-state index < -0.39 is 0 Å². The molecular formula is C17H24N4O. The van der Waals surface area contributed by atoms with E-state index in [0.29, 0.717) is 12.1 Å². The van der Waals surface area contributed by atoms with Gasteiger partial charge >= 0.3 is 0 Å². The van der Waals surface area contributed by atoms with Gasteiger partial charge < -0.3 is 10.2 Å². The largest absolute Gasteiger partial charge is 0.350 e. The summed E-state index contributed by atoms with van der Waals surface area (Å²) in [4.78, 5) is 14.4. The Bertz CT molecular complexity index is 660. The van der Waals surface area contributed by atoms with Gasteiger partial charge in [-0.1, -0.05) is 29.8 Å². The minimum Gasteiger partial charge on any atom is -0.350 e. The van der Waals surface area contributed by atoms with Crippen LogP contribution in [0.25, 0.3) is 0 Å². The second-order valence-corrected chi connectivity index (χ2v) is 5.91. The van der Waals surface area contributed by atoms with E-state index in [1.807, 2.05) is 34.1 Å². The molecule has 1 amide bonds. The molecule has 2 aromatic rings. The molecule has 1 aromatic carbocycles. The number of benzene rings is 1. The molecule has 0 bridgehead atoms. The molecule has 1 atom stereocenters. The smallest absolute Gasteiger partial charge is 0.254 e. The quantitative estimate of drug-likeness (QED) is 0.919. The van der Waals surface area contributed by atoms with E-state index in [1.54, 1.807) is 10.9 Å². The van der Waals surface area contributed by atoms with E-state index in [4.69, 9.17) is 0 Å². The maximum atomic E-state index is 12.3. The van der Waals surface area contributed by atoms with Crippen LogP contribution in [-0.4, -0.2) is 41.2 Å². The zero-order valence-electron chi connectivity index (χ0n) is 13.9. The highest BCUT2D eigenvalue weighted by molar-refractivity contribution is 5.95. The molecule has 2 rings (SSSR count). The van der Waals surface area contributed by atoms with Crippen LogP contribution in [0.4, 0.5) is 0 Å². The normalized spacial score (nSPS) is 12.5. The molecule has 1 heterocycles. The second kappa shape index (κ2) is 6.75. The van der Waals surface area contributed by atoms with E-state index in [1.165, 1.54) is 11.1 Å². The molecule has 118 valence electrons. The molecule has 0 aliphatic heterocycles. The van der Waals surface area contributed by atoms with Gasteiger partial charge in [0.15, 0.2) is 0 Å². The van der Waals surface area contributed by atoms with Crippen LogP contribution in [0.5, 0.6) is 0 Å². The average Bonchev–Trinajstić information content (AvgIpc) is 2.77. The number of rotatable bonds is 5. The van der Waals surface area contributed by atoms with Crippen LogP contribution in [0.15, 0.2) is 30.5 Å². The minimum absolute atomic E-state index is 0.0786. The van der Waals surface area contributed by atoms with E-state index in [2.05, 4.69) is 40.4 Å². The monoisotopic (exact) mass is 300 g/mol. The first-order chi connectivity index (χ1) is 10.4. The van der Waals surface area contributed by atoms with Crippen LogP contribution in [-0.2, 0) is 7.05 Å². The molecule has 0 saturated heterocycles. The number of nitrogens with zero attached hydrogens (tertiary/aromatic N) is 3. The molecule has 1 aromatic heterocycles. The number of likely N-dealkylation sites (N-methyl/N-ethyl adjacent to an activating group) is 1. The topological polar surface area (TPSA) is 50.2 Å². The van der Waals surface area contributed by atoms with Crippen molar-refractivity contribution in [2.45, 2.75) is 19.9 Å². The summed E-state index contributed by atoms with van der Waals surface area (Å²) in [6.07, 6.45) is 1.75. The molecule has 0 radical (unpaired) electrons. The molecular weight excluding hydrogens is 276 g/mol. The Balaban J connectivity index is 2.09. The summed E-state index contributed by atoms with van der Waals surface area (Å²) in [5.41, 5.74) is 3.80. The summed E-state index contributed by atoms with van der Waals surface area (Å²) < 4.78 is 1.66. The lowest BCUT2D eigenvalue weighted by Gasteiger charge is -2.25. The van der Waals surface area contributed by atoms with Gasteiger partial charge in [-0.2, -0.15) is 5.10 Å². The number of aryl methyl sites for hydroxylation is 3. The molecule has 0 saturated carbocycles. The van der Waals surface area contributed by atoms with Crippen LogP contribution >= 0.6 is 0 Å². The number of hydrogen-bond acceptors (Lipinski definition) is 3. The summed E-state index contributed by atoms with van der Waals surface area (Å²) in [6.45, 7) is 4.48. The summed E-state index contributed by atoms with van der Waals surface area (Å²) in [7, 11) is 5.86. The first-order valence-corrected chi connectivity index (χ1v) is 7.40. The number of amides is 1.